The van der Waals surface area contributed by atoms with Gasteiger partial charge in [0.05, 0.1) is 27.7 Å². The van der Waals surface area contributed by atoms with Crippen LogP contribution in [-0.2, 0) is 14.8 Å². The van der Waals surface area contributed by atoms with Gasteiger partial charge in [-0.1, -0.05) is 6.07 Å². The van der Waals surface area contributed by atoms with Gasteiger partial charge in [0.15, 0.2) is 0 Å². The van der Waals surface area contributed by atoms with Crippen LogP contribution in [0.3, 0.4) is 0 Å². The number of aryl methyl sites for hydroxylation is 2. The van der Waals surface area contributed by atoms with Gasteiger partial charge in [0.2, 0.25) is 0 Å². The van der Waals surface area contributed by atoms with Crippen molar-refractivity contribution in [3.63, 3.8) is 0 Å². The first kappa shape index (κ1) is 20.4. The second-order valence-electron chi connectivity index (χ2n) is 5.90. The number of nitro groups is 1. The smallest absolute Gasteiger partial charge is 0.338 e. The molecule has 0 aromatic heterocycles. The number of nitro benzene ring substituents is 1. The van der Waals surface area contributed by atoms with Crippen LogP contribution in [0.4, 0.5) is 11.4 Å². The monoisotopic (exact) mass is 392 g/mol. The van der Waals surface area contributed by atoms with E-state index in [2.05, 4.69) is 0 Å². The van der Waals surface area contributed by atoms with Crippen LogP contribution >= 0.6 is 0 Å². The second kappa shape index (κ2) is 7.75. The van der Waals surface area contributed by atoms with E-state index in [1.54, 1.807) is 26.8 Å². The molecule has 0 saturated heterocycles. The number of benzene rings is 2. The average Bonchev–Trinajstić information content (AvgIpc) is 2.61. The van der Waals surface area contributed by atoms with Crippen molar-refractivity contribution in [3.05, 3.63) is 63.2 Å². The van der Waals surface area contributed by atoms with Crippen molar-refractivity contribution in [3.8, 4) is 0 Å². The van der Waals surface area contributed by atoms with Gasteiger partial charge in [-0.15, -0.1) is 0 Å². The van der Waals surface area contributed by atoms with Gasteiger partial charge in [0.25, 0.3) is 15.7 Å². The van der Waals surface area contributed by atoms with E-state index < -0.39 is 20.9 Å². The summed E-state index contributed by atoms with van der Waals surface area (Å²) in [5.74, 6) is -0.493. The first-order valence-corrected chi connectivity index (χ1v) is 9.55. The third-order valence-electron chi connectivity index (χ3n) is 4.07. The van der Waals surface area contributed by atoms with Crippen LogP contribution in [0.1, 0.15) is 28.4 Å². The predicted molar refractivity (Wildman–Crippen MR) is 101 cm³/mol. The van der Waals surface area contributed by atoms with Gasteiger partial charge in [-0.2, -0.15) is 0 Å². The van der Waals surface area contributed by atoms with E-state index in [4.69, 9.17) is 4.74 Å². The fraction of sp³-hybridized carbons (Fsp3) is 0.278. The van der Waals surface area contributed by atoms with Crippen LogP contribution < -0.4 is 4.31 Å². The average molecular weight is 392 g/mol. The van der Waals surface area contributed by atoms with Crippen LogP contribution in [0.5, 0.6) is 0 Å². The summed E-state index contributed by atoms with van der Waals surface area (Å²) in [5.41, 5.74) is 1.31. The topological polar surface area (TPSA) is 107 Å². The Balaban J connectivity index is 2.48. The maximum absolute atomic E-state index is 13.0. The molecule has 0 spiro atoms. The fourth-order valence-electron chi connectivity index (χ4n) is 2.61. The number of hydrogen-bond acceptors (Lipinski definition) is 6. The highest BCUT2D eigenvalue weighted by Crippen LogP contribution is 2.29. The van der Waals surface area contributed by atoms with E-state index >= 15 is 0 Å². The molecule has 27 heavy (non-hydrogen) atoms. The summed E-state index contributed by atoms with van der Waals surface area (Å²) < 4.78 is 32.0. The number of carbonyl (C=O) groups is 1. The molecule has 0 aliphatic rings. The van der Waals surface area contributed by atoms with Gasteiger partial charge in [-0.05, 0) is 50.1 Å². The number of ether oxygens (including phenoxy) is 1. The minimum absolute atomic E-state index is 0.145. The molecule has 8 nitrogen and oxygen atoms in total. The molecule has 0 aliphatic heterocycles. The van der Waals surface area contributed by atoms with E-state index in [-0.39, 0.29) is 17.2 Å². The van der Waals surface area contributed by atoms with Gasteiger partial charge in [-0.3, -0.25) is 14.4 Å². The van der Waals surface area contributed by atoms with E-state index in [1.807, 2.05) is 0 Å². The quantitative estimate of drug-likeness (QED) is 0.424. The highest BCUT2D eigenvalue weighted by Gasteiger charge is 2.26. The molecule has 0 atom stereocenters. The number of anilines is 1. The van der Waals surface area contributed by atoms with Crippen molar-refractivity contribution in [2.24, 2.45) is 0 Å². The number of rotatable bonds is 6. The Bertz CT molecular complexity index is 1000. The van der Waals surface area contributed by atoms with Crippen LogP contribution in [0.25, 0.3) is 0 Å². The first-order valence-electron chi connectivity index (χ1n) is 8.11. The molecule has 0 N–H and O–H groups in total. The zero-order valence-corrected chi connectivity index (χ0v) is 16.2. The molecule has 0 fully saturated rings. The molecule has 0 unspecified atom stereocenters. The third kappa shape index (κ3) is 4.08. The zero-order chi connectivity index (χ0) is 20.4. The van der Waals surface area contributed by atoms with Crippen LogP contribution in [0.2, 0.25) is 0 Å². The van der Waals surface area contributed by atoms with Crippen molar-refractivity contribution in [1.29, 1.82) is 0 Å². The lowest BCUT2D eigenvalue weighted by atomic mass is 10.1. The number of hydrogen-bond donors (Lipinski definition) is 0. The van der Waals surface area contributed by atoms with Crippen molar-refractivity contribution >= 4 is 27.4 Å². The minimum Gasteiger partial charge on any atom is -0.462 e. The van der Waals surface area contributed by atoms with Crippen molar-refractivity contribution in [1.82, 2.24) is 0 Å². The molecule has 0 radical (unpaired) electrons. The normalized spacial score (nSPS) is 11.1. The Labute approximate surface area is 157 Å². The largest absolute Gasteiger partial charge is 0.462 e. The number of nitrogens with zero attached hydrogens (tertiary/aromatic N) is 2. The number of non-ortho nitro benzene ring substituents is 1. The molecular weight excluding hydrogens is 372 g/mol. The Morgan fingerprint density at radius 2 is 1.81 bits per heavy atom. The van der Waals surface area contributed by atoms with E-state index in [0.29, 0.717) is 22.4 Å². The molecule has 0 aliphatic carbocycles. The maximum Gasteiger partial charge on any atom is 0.338 e. The summed E-state index contributed by atoms with van der Waals surface area (Å²) in [6, 6.07) is 8.23. The lowest BCUT2D eigenvalue weighted by Crippen LogP contribution is -2.28. The molecule has 2 aromatic carbocycles. The van der Waals surface area contributed by atoms with Crippen LogP contribution in [0, 0.1) is 24.0 Å². The van der Waals surface area contributed by atoms with E-state index in [0.717, 1.165) is 10.4 Å². The second-order valence-corrected chi connectivity index (χ2v) is 7.84. The summed E-state index contributed by atoms with van der Waals surface area (Å²) in [6.07, 6.45) is 0. The van der Waals surface area contributed by atoms with Crippen molar-refractivity contribution in [2.45, 2.75) is 25.7 Å². The van der Waals surface area contributed by atoms with Crippen LogP contribution in [-0.4, -0.2) is 33.0 Å². The molecule has 9 heteroatoms. The lowest BCUT2D eigenvalue weighted by Gasteiger charge is -2.22. The minimum atomic E-state index is -4.03. The zero-order valence-electron chi connectivity index (χ0n) is 15.4. The Kier molecular flexibility index (Phi) is 5.85. The SMILES string of the molecule is CCOC(=O)c1ccc(N(C)S(=O)(=O)c2cc([N+](=O)[O-])ccc2C)c(C)c1. The predicted octanol–water partition coefficient (Wildman–Crippen LogP) is 3.21. The first-order chi connectivity index (χ1) is 12.6. The van der Waals surface area contributed by atoms with Gasteiger partial charge >= 0.3 is 5.97 Å². The molecule has 0 bridgehead atoms. The van der Waals surface area contributed by atoms with Crippen molar-refractivity contribution < 1.29 is 22.9 Å². The molecule has 144 valence electrons. The molecule has 2 aromatic rings. The van der Waals surface area contributed by atoms with Gasteiger partial charge in [0, 0.05) is 19.2 Å². The van der Waals surface area contributed by atoms with E-state index in [9.17, 15) is 23.3 Å². The molecule has 0 heterocycles. The summed E-state index contributed by atoms with van der Waals surface area (Å²) in [7, 11) is -2.67. The Morgan fingerprint density at radius 1 is 1.15 bits per heavy atom. The number of esters is 1. The molecule has 2 rings (SSSR count). The number of carbonyl (C=O) groups excluding carboxylic acids is 1. The van der Waals surface area contributed by atoms with E-state index in [1.165, 1.54) is 31.3 Å². The van der Waals surface area contributed by atoms with Gasteiger partial charge < -0.3 is 4.74 Å². The lowest BCUT2D eigenvalue weighted by molar-refractivity contribution is -0.385. The summed E-state index contributed by atoms with van der Waals surface area (Å²) in [5, 5.41) is 11.0. The summed E-state index contributed by atoms with van der Waals surface area (Å²) in [6.45, 7) is 5.17. The molecule has 0 saturated carbocycles. The number of sulfonamides is 1. The van der Waals surface area contributed by atoms with Crippen molar-refractivity contribution in [2.75, 3.05) is 18.0 Å². The fourth-order valence-corrected chi connectivity index (χ4v) is 4.11. The summed E-state index contributed by atoms with van der Waals surface area (Å²) >= 11 is 0. The summed E-state index contributed by atoms with van der Waals surface area (Å²) in [4.78, 5) is 22.0. The van der Waals surface area contributed by atoms with Gasteiger partial charge in [-0.25, -0.2) is 13.2 Å². The maximum atomic E-state index is 13.0. The molecule has 0 amide bonds. The highest BCUT2D eigenvalue weighted by atomic mass is 32.2. The van der Waals surface area contributed by atoms with Gasteiger partial charge in [0.1, 0.15) is 0 Å². The Hall–Kier alpha value is -2.94. The Morgan fingerprint density at radius 3 is 2.37 bits per heavy atom. The molecular formula is C18H20N2O6S. The standard InChI is InChI=1S/C18H20N2O6S/c1-5-26-18(21)14-7-9-16(13(3)10-14)19(4)27(24,25)17-11-15(20(22)23)8-6-12(17)2/h6-11H,5H2,1-4H3. The van der Waals surface area contributed by atoms with Crippen LogP contribution in [0.15, 0.2) is 41.3 Å². The highest BCUT2D eigenvalue weighted by molar-refractivity contribution is 7.92. The third-order valence-corrected chi connectivity index (χ3v) is 5.98.